The van der Waals surface area contributed by atoms with E-state index in [4.69, 9.17) is 0 Å². The molecule has 2 aromatic rings. The van der Waals surface area contributed by atoms with Gasteiger partial charge in [-0.25, -0.2) is 9.97 Å². The third-order valence-corrected chi connectivity index (χ3v) is 2.87. The molecule has 22 heavy (non-hydrogen) atoms. The number of aromatic nitrogens is 2. The minimum Gasteiger partial charge on any atom is -0.350 e. The van der Waals surface area contributed by atoms with Crippen LogP contribution >= 0.6 is 0 Å². The quantitative estimate of drug-likeness (QED) is 0.910. The van der Waals surface area contributed by atoms with Crippen LogP contribution in [0.3, 0.4) is 0 Å². The van der Waals surface area contributed by atoms with Gasteiger partial charge in [0.25, 0.3) is 5.91 Å². The molecular weight excluding hydrogens is 276 g/mol. The molecule has 1 amide bonds. The minimum atomic E-state index is -0.202. The fraction of sp³-hybridized carbons (Fsp3) is 0.353. The Morgan fingerprint density at radius 1 is 1.14 bits per heavy atom. The first kappa shape index (κ1) is 15.9. The van der Waals surface area contributed by atoms with Crippen LogP contribution in [0.4, 0.5) is 5.95 Å². The summed E-state index contributed by atoms with van der Waals surface area (Å²) in [5, 5.41) is 6.06. The van der Waals surface area contributed by atoms with Gasteiger partial charge in [0, 0.05) is 17.8 Å². The van der Waals surface area contributed by atoms with Crippen LogP contribution in [-0.4, -0.2) is 21.4 Å². The Morgan fingerprint density at radius 3 is 2.45 bits per heavy atom. The Kier molecular flexibility index (Phi) is 4.75. The Balaban J connectivity index is 2.09. The monoisotopic (exact) mass is 298 g/mol. The van der Waals surface area contributed by atoms with Crippen molar-refractivity contribution in [1.82, 2.24) is 15.3 Å². The predicted molar refractivity (Wildman–Crippen MR) is 87.8 cm³/mol. The van der Waals surface area contributed by atoms with Gasteiger partial charge in [-0.15, -0.1) is 0 Å². The zero-order valence-corrected chi connectivity index (χ0v) is 13.5. The molecule has 1 aromatic heterocycles. The molecule has 0 fully saturated rings. The Morgan fingerprint density at radius 2 is 1.82 bits per heavy atom. The van der Waals surface area contributed by atoms with Gasteiger partial charge in [0.1, 0.15) is 5.69 Å². The van der Waals surface area contributed by atoms with E-state index < -0.39 is 0 Å². The first-order valence-corrected chi connectivity index (χ1v) is 7.29. The summed E-state index contributed by atoms with van der Waals surface area (Å²) in [4.78, 5) is 20.9. The topological polar surface area (TPSA) is 66.9 Å². The zero-order valence-electron chi connectivity index (χ0n) is 13.5. The molecule has 116 valence electrons. The smallest absolute Gasteiger partial charge is 0.270 e. The van der Waals surface area contributed by atoms with Crippen molar-refractivity contribution in [2.75, 3.05) is 5.32 Å². The molecule has 0 spiro atoms. The molecule has 0 bridgehead atoms. The number of anilines is 1. The van der Waals surface area contributed by atoms with Crippen molar-refractivity contribution in [3.05, 3.63) is 53.3 Å². The number of rotatable bonds is 4. The molecule has 2 N–H and O–H groups in total. The molecule has 2 rings (SSSR count). The number of aryl methyl sites for hydroxylation is 1. The molecule has 1 heterocycles. The highest BCUT2D eigenvalue weighted by molar-refractivity contribution is 5.92. The second-order valence-electron chi connectivity index (χ2n) is 6.26. The van der Waals surface area contributed by atoms with Crippen molar-refractivity contribution in [2.24, 2.45) is 0 Å². The fourth-order valence-corrected chi connectivity index (χ4v) is 1.94. The molecule has 5 nitrogen and oxygen atoms in total. The number of nitrogens with zero attached hydrogens (tertiary/aromatic N) is 2. The standard InChI is InChI=1S/C17H22N4O/c1-12-10-14(20-16(19-12)21-17(2,3)4)15(22)18-11-13-8-6-5-7-9-13/h5-10H,11H2,1-4H3,(H,18,22)(H,19,20,21). The predicted octanol–water partition coefficient (Wildman–Crippen LogP) is 2.93. The Hall–Kier alpha value is -2.43. The van der Waals surface area contributed by atoms with Gasteiger partial charge in [0.15, 0.2) is 0 Å². The Labute approximate surface area is 131 Å². The maximum Gasteiger partial charge on any atom is 0.270 e. The Bertz CT molecular complexity index is 647. The fourth-order valence-electron chi connectivity index (χ4n) is 1.94. The molecule has 0 aliphatic carbocycles. The first-order valence-electron chi connectivity index (χ1n) is 7.29. The lowest BCUT2D eigenvalue weighted by Gasteiger charge is -2.20. The van der Waals surface area contributed by atoms with Gasteiger partial charge in [-0.05, 0) is 39.3 Å². The van der Waals surface area contributed by atoms with E-state index in [1.807, 2.05) is 58.0 Å². The number of carbonyl (C=O) groups excluding carboxylic acids is 1. The first-order chi connectivity index (χ1) is 10.3. The van der Waals surface area contributed by atoms with Gasteiger partial charge in [-0.1, -0.05) is 30.3 Å². The van der Waals surface area contributed by atoms with Crippen molar-refractivity contribution in [3.8, 4) is 0 Å². The number of benzene rings is 1. The molecule has 1 aromatic carbocycles. The third kappa shape index (κ3) is 4.84. The molecule has 0 atom stereocenters. The SMILES string of the molecule is Cc1cc(C(=O)NCc2ccccc2)nc(NC(C)(C)C)n1. The summed E-state index contributed by atoms with van der Waals surface area (Å²) in [6, 6.07) is 11.5. The van der Waals surface area contributed by atoms with Gasteiger partial charge in [-0.2, -0.15) is 0 Å². The summed E-state index contributed by atoms with van der Waals surface area (Å²) < 4.78 is 0. The summed E-state index contributed by atoms with van der Waals surface area (Å²) in [7, 11) is 0. The lowest BCUT2D eigenvalue weighted by molar-refractivity contribution is 0.0945. The minimum absolute atomic E-state index is 0.161. The molecule has 0 saturated carbocycles. The van der Waals surface area contributed by atoms with Crippen molar-refractivity contribution >= 4 is 11.9 Å². The summed E-state index contributed by atoms with van der Waals surface area (Å²) >= 11 is 0. The van der Waals surface area contributed by atoms with E-state index in [2.05, 4.69) is 20.6 Å². The van der Waals surface area contributed by atoms with Crippen LogP contribution < -0.4 is 10.6 Å². The largest absolute Gasteiger partial charge is 0.350 e. The van der Waals surface area contributed by atoms with Gasteiger partial charge in [-0.3, -0.25) is 4.79 Å². The van der Waals surface area contributed by atoms with Crippen molar-refractivity contribution < 1.29 is 4.79 Å². The average molecular weight is 298 g/mol. The third-order valence-electron chi connectivity index (χ3n) is 2.87. The van der Waals surface area contributed by atoms with Crippen LogP contribution in [0.25, 0.3) is 0 Å². The molecular formula is C17H22N4O. The second-order valence-corrected chi connectivity index (χ2v) is 6.26. The molecule has 5 heteroatoms. The van der Waals surface area contributed by atoms with E-state index >= 15 is 0 Å². The normalized spacial score (nSPS) is 11.1. The van der Waals surface area contributed by atoms with Crippen molar-refractivity contribution in [1.29, 1.82) is 0 Å². The van der Waals surface area contributed by atoms with Crippen molar-refractivity contribution in [2.45, 2.75) is 39.8 Å². The van der Waals surface area contributed by atoms with Crippen LogP contribution in [0.15, 0.2) is 36.4 Å². The molecule has 0 radical (unpaired) electrons. The van der Waals surface area contributed by atoms with Crippen LogP contribution in [0.1, 0.15) is 42.5 Å². The van der Waals surface area contributed by atoms with Gasteiger partial charge in [0.05, 0.1) is 0 Å². The van der Waals surface area contributed by atoms with E-state index in [0.717, 1.165) is 11.3 Å². The maximum absolute atomic E-state index is 12.3. The van der Waals surface area contributed by atoms with Crippen molar-refractivity contribution in [3.63, 3.8) is 0 Å². The molecule has 0 aliphatic heterocycles. The summed E-state index contributed by atoms with van der Waals surface area (Å²) in [6.45, 7) is 8.39. The number of hydrogen-bond donors (Lipinski definition) is 2. The zero-order chi connectivity index (χ0) is 16.2. The van der Waals surface area contributed by atoms with Crippen LogP contribution in [0.5, 0.6) is 0 Å². The maximum atomic E-state index is 12.3. The van der Waals surface area contributed by atoms with Gasteiger partial charge in [0.2, 0.25) is 5.95 Å². The highest BCUT2D eigenvalue weighted by Crippen LogP contribution is 2.11. The lowest BCUT2D eigenvalue weighted by atomic mass is 10.1. The average Bonchev–Trinajstić information content (AvgIpc) is 2.43. The number of hydrogen-bond acceptors (Lipinski definition) is 4. The van der Waals surface area contributed by atoms with Gasteiger partial charge >= 0.3 is 0 Å². The van der Waals surface area contributed by atoms with Crippen LogP contribution in [-0.2, 0) is 6.54 Å². The van der Waals surface area contributed by atoms with Gasteiger partial charge < -0.3 is 10.6 Å². The van der Waals surface area contributed by atoms with Crippen LogP contribution in [0.2, 0.25) is 0 Å². The summed E-state index contributed by atoms with van der Waals surface area (Å²) in [5.74, 6) is 0.267. The summed E-state index contributed by atoms with van der Waals surface area (Å²) in [6.07, 6.45) is 0. The second kappa shape index (κ2) is 6.56. The van der Waals surface area contributed by atoms with E-state index in [9.17, 15) is 4.79 Å². The summed E-state index contributed by atoms with van der Waals surface area (Å²) in [5.41, 5.74) is 2.02. The number of carbonyl (C=O) groups is 1. The van der Waals surface area contributed by atoms with Crippen LogP contribution in [0, 0.1) is 6.92 Å². The lowest BCUT2D eigenvalue weighted by Crippen LogP contribution is -2.29. The van der Waals surface area contributed by atoms with E-state index in [1.54, 1.807) is 6.07 Å². The highest BCUT2D eigenvalue weighted by atomic mass is 16.1. The van der Waals surface area contributed by atoms with E-state index in [1.165, 1.54) is 0 Å². The molecule has 0 saturated heterocycles. The van der Waals surface area contributed by atoms with E-state index in [-0.39, 0.29) is 11.4 Å². The molecule has 0 unspecified atom stereocenters. The highest BCUT2D eigenvalue weighted by Gasteiger charge is 2.15. The number of nitrogens with one attached hydrogen (secondary N) is 2. The molecule has 0 aliphatic rings. The number of amides is 1. The van der Waals surface area contributed by atoms with E-state index in [0.29, 0.717) is 18.2 Å².